The summed E-state index contributed by atoms with van der Waals surface area (Å²) in [6.07, 6.45) is 3.51. The fraction of sp³-hybridized carbons (Fsp3) is 0.0667. The third-order valence-corrected chi connectivity index (χ3v) is 2.69. The van der Waals surface area contributed by atoms with Gasteiger partial charge in [0.05, 0.1) is 22.8 Å². The van der Waals surface area contributed by atoms with Crippen LogP contribution in [-0.4, -0.2) is 19.9 Å². The largest absolute Gasteiger partial charge is 0.255 e. The lowest BCUT2D eigenvalue weighted by molar-refractivity contribution is 1.05. The van der Waals surface area contributed by atoms with Crippen molar-refractivity contribution in [1.82, 2.24) is 19.9 Å². The molecule has 4 heteroatoms. The highest BCUT2D eigenvalue weighted by Gasteiger charge is 2.07. The first-order valence-electron chi connectivity index (χ1n) is 6.01. The highest BCUT2D eigenvalue weighted by atomic mass is 14.9. The molecule has 3 aromatic heterocycles. The van der Waals surface area contributed by atoms with E-state index < -0.39 is 0 Å². The van der Waals surface area contributed by atoms with Gasteiger partial charge in [0.2, 0.25) is 0 Å². The van der Waals surface area contributed by atoms with Gasteiger partial charge < -0.3 is 0 Å². The van der Waals surface area contributed by atoms with E-state index in [1.807, 2.05) is 49.4 Å². The third kappa shape index (κ3) is 2.47. The number of nitrogens with zero attached hydrogens (tertiary/aromatic N) is 4. The van der Waals surface area contributed by atoms with Crippen molar-refractivity contribution >= 4 is 0 Å². The Kier molecular flexibility index (Phi) is 2.98. The van der Waals surface area contributed by atoms with E-state index in [4.69, 9.17) is 0 Å². The molecule has 0 unspecified atom stereocenters. The van der Waals surface area contributed by atoms with Crippen molar-refractivity contribution in [3.05, 3.63) is 60.7 Å². The Balaban J connectivity index is 2.12. The molecule has 3 rings (SSSR count). The lowest BCUT2D eigenvalue weighted by Crippen LogP contribution is -1.96. The minimum atomic E-state index is 0.712. The van der Waals surface area contributed by atoms with Gasteiger partial charge in [0.1, 0.15) is 5.82 Å². The molecule has 0 aliphatic carbocycles. The number of hydrogen-bond donors (Lipinski definition) is 0. The van der Waals surface area contributed by atoms with Crippen LogP contribution in [0.4, 0.5) is 0 Å². The van der Waals surface area contributed by atoms with Gasteiger partial charge in [-0.05, 0) is 37.3 Å². The van der Waals surface area contributed by atoms with E-state index in [1.165, 1.54) is 0 Å². The summed E-state index contributed by atoms with van der Waals surface area (Å²) in [5.41, 5.74) is 3.30. The molecule has 0 amide bonds. The minimum Gasteiger partial charge on any atom is -0.255 e. The number of aryl methyl sites for hydroxylation is 1. The molecule has 0 atom stereocenters. The topological polar surface area (TPSA) is 51.6 Å². The van der Waals surface area contributed by atoms with Crippen molar-refractivity contribution in [3.63, 3.8) is 0 Å². The molecule has 3 heterocycles. The van der Waals surface area contributed by atoms with Crippen LogP contribution < -0.4 is 0 Å². The summed E-state index contributed by atoms with van der Waals surface area (Å²) < 4.78 is 0. The molecule has 4 nitrogen and oxygen atoms in total. The fourth-order valence-corrected chi connectivity index (χ4v) is 1.86. The van der Waals surface area contributed by atoms with Crippen LogP contribution in [-0.2, 0) is 0 Å². The van der Waals surface area contributed by atoms with E-state index in [0.717, 1.165) is 22.8 Å². The van der Waals surface area contributed by atoms with Gasteiger partial charge in [0.25, 0.3) is 0 Å². The average molecular weight is 248 g/mol. The molecule has 0 N–H and O–H groups in total. The van der Waals surface area contributed by atoms with E-state index in [2.05, 4.69) is 19.9 Å². The van der Waals surface area contributed by atoms with Crippen molar-refractivity contribution in [2.24, 2.45) is 0 Å². The van der Waals surface area contributed by atoms with Gasteiger partial charge in [-0.2, -0.15) is 0 Å². The van der Waals surface area contributed by atoms with Crippen molar-refractivity contribution in [1.29, 1.82) is 0 Å². The molecule has 0 fully saturated rings. The van der Waals surface area contributed by atoms with Gasteiger partial charge in [0, 0.05) is 12.4 Å². The second-order valence-electron chi connectivity index (χ2n) is 4.12. The molecule has 0 spiro atoms. The van der Waals surface area contributed by atoms with Crippen LogP contribution in [0.15, 0.2) is 54.9 Å². The zero-order valence-electron chi connectivity index (χ0n) is 10.5. The maximum atomic E-state index is 4.43. The predicted molar refractivity (Wildman–Crippen MR) is 73.2 cm³/mol. The summed E-state index contributed by atoms with van der Waals surface area (Å²) >= 11 is 0. The maximum absolute atomic E-state index is 4.43. The Hall–Kier alpha value is -2.62. The molecule has 0 aliphatic heterocycles. The van der Waals surface area contributed by atoms with Crippen LogP contribution in [0.25, 0.3) is 22.8 Å². The van der Waals surface area contributed by atoms with Gasteiger partial charge in [-0.15, -0.1) is 0 Å². The smallest absolute Gasteiger partial charge is 0.126 e. The molecule has 0 saturated heterocycles. The van der Waals surface area contributed by atoms with Crippen LogP contribution >= 0.6 is 0 Å². The van der Waals surface area contributed by atoms with Crippen LogP contribution in [0, 0.1) is 6.92 Å². The highest BCUT2D eigenvalue weighted by Crippen LogP contribution is 2.20. The molecule has 0 aliphatic rings. The lowest BCUT2D eigenvalue weighted by Gasteiger charge is -2.05. The molecular weight excluding hydrogens is 236 g/mol. The summed E-state index contributed by atoms with van der Waals surface area (Å²) in [6.45, 7) is 1.87. The summed E-state index contributed by atoms with van der Waals surface area (Å²) in [4.78, 5) is 17.5. The average Bonchev–Trinajstić information content (AvgIpc) is 2.48. The van der Waals surface area contributed by atoms with Crippen molar-refractivity contribution < 1.29 is 0 Å². The lowest BCUT2D eigenvalue weighted by atomic mass is 10.2. The van der Waals surface area contributed by atoms with E-state index in [1.54, 1.807) is 12.4 Å². The van der Waals surface area contributed by atoms with Gasteiger partial charge >= 0.3 is 0 Å². The van der Waals surface area contributed by atoms with Gasteiger partial charge in [-0.25, -0.2) is 9.97 Å². The van der Waals surface area contributed by atoms with Crippen LogP contribution in [0.2, 0.25) is 0 Å². The Bertz CT molecular complexity index is 623. The molecular formula is C15H12N4. The van der Waals surface area contributed by atoms with Crippen LogP contribution in [0.5, 0.6) is 0 Å². The molecule has 0 radical (unpaired) electrons. The summed E-state index contributed by atoms with van der Waals surface area (Å²) in [5, 5.41) is 0. The fourth-order valence-electron chi connectivity index (χ4n) is 1.86. The van der Waals surface area contributed by atoms with Gasteiger partial charge in [-0.3, -0.25) is 9.97 Å². The van der Waals surface area contributed by atoms with Crippen LogP contribution in [0.1, 0.15) is 5.82 Å². The highest BCUT2D eigenvalue weighted by molar-refractivity contribution is 5.63. The third-order valence-electron chi connectivity index (χ3n) is 2.69. The first-order chi connectivity index (χ1) is 9.33. The Morgan fingerprint density at radius 2 is 1.21 bits per heavy atom. The minimum absolute atomic E-state index is 0.712. The quantitative estimate of drug-likeness (QED) is 0.699. The van der Waals surface area contributed by atoms with Crippen molar-refractivity contribution in [3.8, 4) is 22.8 Å². The van der Waals surface area contributed by atoms with Crippen molar-refractivity contribution in [2.45, 2.75) is 6.92 Å². The first-order valence-corrected chi connectivity index (χ1v) is 6.01. The van der Waals surface area contributed by atoms with Gasteiger partial charge in [-0.1, -0.05) is 12.1 Å². The SMILES string of the molecule is Cc1nc(-c2ccccn2)cc(-c2ccccn2)n1. The molecule has 0 bridgehead atoms. The van der Waals surface area contributed by atoms with E-state index in [9.17, 15) is 0 Å². The van der Waals surface area contributed by atoms with E-state index in [0.29, 0.717) is 5.82 Å². The van der Waals surface area contributed by atoms with Crippen LogP contribution in [0.3, 0.4) is 0 Å². The zero-order chi connectivity index (χ0) is 13.1. The number of pyridine rings is 2. The summed E-state index contributed by atoms with van der Waals surface area (Å²) in [6, 6.07) is 13.4. The number of rotatable bonds is 2. The predicted octanol–water partition coefficient (Wildman–Crippen LogP) is 2.91. The first kappa shape index (κ1) is 11.5. The molecule has 0 saturated carbocycles. The number of hydrogen-bond acceptors (Lipinski definition) is 4. The van der Waals surface area contributed by atoms with Gasteiger partial charge in [0.15, 0.2) is 0 Å². The molecule has 3 aromatic rings. The summed E-state index contributed by atoms with van der Waals surface area (Å²) in [7, 11) is 0. The van der Waals surface area contributed by atoms with E-state index >= 15 is 0 Å². The molecule has 92 valence electrons. The normalized spacial score (nSPS) is 10.4. The monoisotopic (exact) mass is 248 g/mol. The second-order valence-corrected chi connectivity index (χ2v) is 4.12. The summed E-state index contributed by atoms with van der Waals surface area (Å²) in [5.74, 6) is 0.712. The Morgan fingerprint density at radius 1 is 0.684 bits per heavy atom. The van der Waals surface area contributed by atoms with Crippen molar-refractivity contribution in [2.75, 3.05) is 0 Å². The Morgan fingerprint density at radius 3 is 1.63 bits per heavy atom. The maximum Gasteiger partial charge on any atom is 0.126 e. The zero-order valence-corrected chi connectivity index (χ0v) is 10.5. The Labute approximate surface area is 111 Å². The molecule has 0 aromatic carbocycles. The number of aromatic nitrogens is 4. The van der Waals surface area contributed by atoms with E-state index in [-0.39, 0.29) is 0 Å². The second kappa shape index (κ2) is 4.94. The standard InChI is InChI=1S/C15H12N4/c1-11-18-14(12-6-2-4-8-16-12)10-15(19-11)13-7-3-5-9-17-13/h2-10H,1H3. The molecule has 19 heavy (non-hydrogen) atoms.